The van der Waals surface area contributed by atoms with Crippen LogP contribution in [-0.4, -0.2) is 28.7 Å². The second-order valence-electron chi connectivity index (χ2n) is 18.0. The van der Waals surface area contributed by atoms with E-state index in [9.17, 15) is 0 Å². The summed E-state index contributed by atoms with van der Waals surface area (Å²) in [6.45, 7) is 4.69. The fraction of sp³-hybridized carbons (Fsp3) is 0.0500. The number of aromatic nitrogens is 6. The largest absolute Gasteiger partial charge is 0.309 e. The zero-order valence-corrected chi connectivity index (χ0v) is 36.3. The first kappa shape index (κ1) is 36.8. The van der Waals surface area contributed by atoms with Crippen molar-refractivity contribution in [2.75, 3.05) is 0 Å². The number of nitrogens with zero attached hydrogens (tertiary/aromatic N) is 6. The maximum absolute atomic E-state index is 5.22. The van der Waals surface area contributed by atoms with Crippen LogP contribution in [0.1, 0.15) is 25.0 Å². The van der Waals surface area contributed by atoms with Crippen LogP contribution in [0.3, 0.4) is 0 Å². The van der Waals surface area contributed by atoms with Gasteiger partial charge in [0.05, 0.1) is 33.1 Å². The van der Waals surface area contributed by atoms with Gasteiger partial charge in [0.25, 0.3) is 0 Å². The molecule has 14 rings (SSSR count). The first-order valence-corrected chi connectivity index (χ1v) is 22.6. The lowest BCUT2D eigenvalue weighted by Crippen LogP contribution is -2.14. The highest BCUT2D eigenvalue weighted by molar-refractivity contribution is 6.29. The monoisotopic (exact) mass is 844 g/mol. The Morgan fingerprint density at radius 1 is 0.333 bits per heavy atom. The Kier molecular flexibility index (Phi) is 7.64. The van der Waals surface area contributed by atoms with Crippen LogP contribution in [0.5, 0.6) is 0 Å². The summed E-state index contributed by atoms with van der Waals surface area (Å²) in [7, 11) is 0. The Morgan fingerprint density at radius 3 is 1.42 bits per heavy atom. The lowest BCUT2D eigenvalue weighted by atomic mass is 9.82. The molecule has 0 saturated heterocycles. The molecule has 0 N–H and O–H groups in total. The van der Waals surface area contributed by atoms with E-state index in [2.05, 4.69) is 197 Å². The van der Waals surface area contributed by atoms with E-state index in [0.717, 1.165) is 55.3 Å². The van der Waals surface area contributed by atoms with Crippen molar-refractivity contribution in [2.24, 2.45) is 0 Å². The number of rotatable bonds is 5. The quantitative estimate of drug-likeness (QED) is 0.173. The first-order valence-electron chi connectivity index (χ1n) is 22.6. The summed E-state index contributed by atoms with van der Waals surface area (Å²) in [6, 6.07) is 74.1. The molecule has 1 aliphatic rings. The van der Waals surface area contributed by atoms with Crippen molar-refractivity contribution in [2.45, 2.75) is 19.3 Å². The van der Waals surface area contributed by atoms with Crippen LogP contribution in [0.2, 0.25) is 0 Å². The van der Waals surface area contributed by atoms with Crippen LogP contribution in [0, 0.1) is 0 Å². The molecule has 9 aromatic carbocycles. The van der Waals surface area contributed by atoms with Gasteiger partial charge in [-0.2, -0.15) is 9.97 Å². The van der Waals surface area contributed by atoms with Crippen molar-refractivity contribution in [1.29, 1.82) is 0 Å². The lowest BCUT2D eigenvalue weighted by Gasteiger charge is -2.21. The van der Waals surface area contributed by atoms with Gasteiger partial charge in [-0.15, -0.1) is 0 Å². The molecule has 0 unspecified atom stereocenters. The topological polar surface area (TPSA) is 53.5 Å². The Bertz CT molecular complexity index is 4080. The molecule has 4 aromatic heterocycles. The second-order valence-corrected chi connectivity index (χ2v) is 18.0. The summed E-state index contributed by atoms with van der Waals surface area (Å²) in [6.07, 6.45) is 0. The summed E-state index contributed by atoms with van der Waals surface area (Å²) in [4.78, 5) is 15.5. The molecule has 0 fully saturated rings. The molecular formula is C60H40N6. The molecule has 0 radical (unpaired) electrons. The van der Waals surface area contributed by atoms with Crippen molar-refractivity contribution in [1.82, 2.24) is 28.7 Å². The van der Waals surface area contributed by atoms with Crippen molar-refractivity contribution in [3.05, 3.63) is 217 Å². The minimum absolute atomic E-state index is 0.0574. The molecule has 6 nitrogen and oxygen atoms in total. The summed E-state index contributed by atoms with van der Waals surface area (Å²) in [5, 5.41) is 7.20. The van der Waals surface area contributed by atoms with Gasteiger partial charge in [0.1, 0.15) is 0 Å². The van der Waals surface area contributed by atoms with E-state index in [1.165, 1.54) is 54.8 Å². The van der Waals surface area contributed by atoms with Gasteiger partial charge in [-0.05, 0) is 76.9 Å². The fourth-order valence-corrected chi connectivity index (χ4v) is 11.1. The Labute approximate surface area is 380 Å². The first-order chi connectivity index (χ1) is 32.5. The third kappa shape index (κ3) is 5.15. The van der Waals surface area contributed by atoms with Crippen LogP contribution in [-0.2, 0) is 5.41 Å². The maximum Gasteiger partial charge on any atom is 0.238 e. The molecule has 0 bridgehead atoms. The van der Waals surface area contributed by atoms with Gasteiger partial charge in [-0.1, -0.05) is 166 Å². The van der Waals surface area contributed by atoms with Crippen LogP contribution in [0.15, 0.2) is 206 Å². The third-order valence-electron chi connectivity index (χ3n) is 14.1. The minimum Gasteiger partial charge on any atom is -0.309 e. The van der Waals surface area contributed by atoms with Gasteiger partial charge in [0.15, 0.2) is 11.6 Å². The Hall–Kier alpha value is -8.61. The van der Waals surface area contributed by atoms with Crippen molar-refractivity contribution in [3.63, 3.8) is 0 Å². The molecule has 13 aromatic rings. The second kappa shape index (κ2) is 13.7. The van der Waals surface area contributed by atoms with Gasteiger partial charge in [0.2, 0.25) is 5.95 Å². The number of para-hydroxylation sites is 3. The molecule has 6 heteroatoms. The van der Waals surface area contributed by atoms with E-state index in [4.69, 9.17) is 15.0 Å². The molecule has 4 heterocycles. The normalized spacial score (nSPS) is 13.1. The number of hydrogen-bond acceptors (Lipinski definition) is 3. The minimum atomic E-state index is -0.0574. The van der Waals surface area contributed by atoms with Gasteiger partial charge in [-0.25, -0.2) is 4.98 Å². The zero-order chi connectivity index (χ0) is 43.7. The highest BCUT2D eigenvalue weighted by Gasteiger charge is 2.35. The highest BCUT2D eigenvalue weighted by Crippen LogP contribution is 2.50. The molecular weight excluding hydrogens is 805 g/mol. The van der Waals surface area contributed by atoms with E-state index in [1.807, 2.05) is 36.4 Å². The van der Waals surface area contributed by atoms with Crippen molar-refractivity contribution < 1.29 is 0 Å². The van der Waals surface area contributed by atoms with Crippen molar-refractivity contribution >= 4 is 65.4 Å². The van der Waals surface area contributed by atoms with Gasteiger partial charge >= 0.3 is 0 Å². The summed E-state index contributed by atoms with van der Waals surface area (Å²) in [5.74, 6) is 1.82. The number of fused-ring (bicyclic) bond motifs is 13. The predicted octanol–water partition coefficient (Wildman–Crippen LogP) is 14.8. The molecule has 0 aliphatic heterocycles. The summed E-state index contributed by atoms with van der Waals surface area (Å²) in [5.41, 5.74) is 16.1. The van der Waals surface area contributed by atoms with E-state index in [0.29, 0.717) is 17.6 Å². The highest BCUT2D eigenvalue weighted by atomic mass is 15.2. The lowest BCUT2D eigenvalue weighted by molar-refractivity contribution is 0.660. The molecule has 0 atom stereocenters. The SMILES string of the molecule is CC1(C)c2ccccc2-c2cc(-n3c4ccccc4c4c5c6ccccc6n(-c6ccc7c8ccccc8n(-c8nc(-c9ccccc9)nc(-c9ccccc9)n8)c7c6)c5ccc43)ccc21. The molecule has 0 saturated carbocycles. The average Bonchev–Trinajstić information content (AvgIpc) is 4.07. The van der Waals surface area contributed by atoms with Crippen molar-refractivity contribution in [3.8, 4) is 51.2 Å². The van der Waals surface area contributed by atoms with E-state index < -0.39 is 0 Å². The Morgan fingerprint density at radius 2 is 0.803 bits per heavy atom. The van der Waals surface area contributed by atoms with E-state index >= 15 is 0 Å². The third-order valence-corrected chi connectivity index (χ3v) is 14.1. The zero-order valence-electron chi connectivity index (χ0n) is 36.3. The maximum atomic E-state index is 5.22. The van der Waals surface area contributed by atoms with Crippen LogP contribution in [0.4, 0.5) is 0 Å². The van der Waals surface area contributed by atoms with Crippen LogP contribution < -0.4 is 0 Å². The van der Waals surface area contributed by atoms with Gasteiger partial charge in [-0.3, -0.25) is 4.57 Å². The summed E-state index contributed by atoms with van der Waals surface area (Å²) < 4.78 is 7.12. The van der Waals surface area contributed by atoms with E-state index in [-0.39, 0.29) is 5.41 Å². The molecule has 310 valence electrons. The van der Waals surface area contributed by atoms with Gasteiger partial charge < -0.3 is 9.13 Å². The van der Waals surface area contributed by atoms with Gasteiger partial charge in [0, 0.05) is 60.2 Å². The average molecular weight is 845 g/mol. The Balaban J connectivity index is 1.02. The molecule has 1 aliphatic carbocycles. The van der Waals surface area contributed by atoms with E-state index in [1.54, 1.807) is 0 Å². The van der Waals surface area contributed by atoms with Crippen LogP contribution in [0.25, 0.3) is 117 Å². The molecule has 0 amide bonds. The smallest absolute Gasteiger partial charge is 0.238 e. The van der Waals surface area contributed by atoms with Crippen LogP contribution >= 0.6 is 0 Å². The fourth-order valence-electron chi connectivity index (χ4n) is 11.1. The summed E-state index contributed by atoms with van der Waals surface area (Å²) >= 11 is 0. The number of hydrogen-bond donors (Lipinski definition) is 0. The molecule has 0 spiro atoms. The standard InChI is InChI=1S/C60H40N6/c1-60(2)47-25-13-9-21-41(47)46-35-39(30-32-48(46)60)64-50-27-15-11-23-44(50)55-52(64)33-34-53-56(55)45-24-12-16-28-51(45)65(53)40-29-31-43-42-22-10-14-26-49(42)66(54(43)36-40)59-62-57(37-17-5-3-6-18-37)61-58(63-59)38-19-7-4-8-20-38/h3-36H,1-2H3. The number of benzene rings is 9. The predicted molar refractivity (Wildman–Crippen MR) is 271 cm³/mol. The molecule has 66 heavy (non-hydrogen) atoms.